The number of rotatable bonds is 6. The Morgan fingerprint density at radius 1 is 1.31 bits per heavy atom. The van der Waals surface area contributed by atoms with Crippen molar-refractivity contribution in [3.05, 3.63) is 29.8 Å². The van der Waals surface area contributed by atoms with Crippen LogP contribution in [-0.4, -0.2) is 20.7 Å². The van der Waals surface area contributed by atoms with Gasteiger partial charge in [-0.25, -0.2) is 0 Å². The maximum Gasteiger partial charge on any atom is 0.118 e. The van der Waals surface area contributed by atoms with Crippen molar-refractivity contribution < 1.29 is 4.74 Å². The van der Waals surface area contributed by atoms with Gasteiger partial charge in [-0.05, 0) is 37.2 Å². The van der Waals surface area contributed by atoms with Gasteiger partial charge in [0.15, 0.2) is 0 Å². The van der Waals surface area contributed by atoms with E-state index in [0.717, 1.165) is 12.2 Å². The van der Waals surface area contributed by atoms with E-state index >= 15 is 0 Å². The predicted octanol–water partition coefficient (Wildman–Crippen LogP) is 1.94. The van der Waals surface area contributed by atoms with Gasteiger partial charge in [0.2, 0.25) is 0 Å². The molecule has 90 valence electrons. The monoisotopic (exact) mass is 222 g/mol. The zero-order chi connectivity index (χ0) is 12.0. The highest BCUT2D eigenvalue weighted by molar-refractivity contribution is 5.29. The number of hydrogen-bond acceptors (Lipinski definition) is 3. The lowest BCUT2D eigenvalue weighted by molar-refractivity contribution is 0.377. The van der Waals surface area contributed by atoms with Crippen LogP contribution in [-0.2, 0) is 0 Å². The summed E-state index contributed by atoms with van der Waals surface area (Å²) in [5, 5.41) is 3.34. The lowest BCUT2D eigenvalue weighted by Gasteiger charge is -2.25. The van der Waals surface area contributed by atoms with Gasteiger partial charge in [0.1, 0.15) is 5.75 Å². The summed E-state index contributed by atoms with van der Waals surface area (Å²) in [6, 6.07) is 8.49. The third kappa shape index (κ3) is 2.97. The summed E-state index contributed by atoms with van der Waals surface area (Å²) in [5.74, 6) is 1.36. The highest BCUT2D eigenvalue weighted by Crippen LogP contribution is 2.25. The molecule has 0 aromatic heterocycles. The minimum atomic E-state index is 0.320. The van der Waals surface area contributed by atoms with Crippen LogP contribution in [0.1, 0.15) is 24.9 Å². The predicted molar refractivity (Wildman–Crippen MR) is 67.6 cm³/mol. The zero-order valence-electron chi connectivity index (χ0n) is 10.4. The molecule has 0 heterocycles. The van der Waals surface area contributed by atoms with Gasteiger partial charge in [-0.2, -0.15) is 0 Å². The second kappa shape index (κ2) is 6.51. The first kappa shape index (κ1) is 13.0. The van der Waals surface area contributed by atoms with Crippen molar-refractivity contribution in [1.29, 1.82) is 0 Å². The molecule has 1 aromatic carbocycles. The Morgan fingerprint density at radius 3 is 2.31 bits per heavy atom. The van der Waals surface area contributed by atoms with Crippen LogP contribution in [0.2, 0.25) is 0 Å². The summed E-state index contributed by atoms with van der Waals surface area (Å²) in [5.41, 5.74) is 7.05. The lowest BCUT2D eigenvalue weighted by Crippen LogP contribution is -2.30. The molecule has 3 nitrogen and oxygen atoms in total. The summed E-state index contributed by atoms with van der Waals surface area (Å²) in [7, 11) is 3.66. The fourth-order valence-electron chi connectivity index (χ4n) is 2.02. The summed E-state index contributed by atoms with van der Waals surface area (Å²) >= 11 is 0. The molecule has 0 aliphatic rings. The summed E-state index contributed by atoms with van der Waals surface area (Å²) in [6.07, 6.45) is 1.08. The van der Waals surface area contributed by atoms with E-state index in [0.29, 0.717) is 18.5 Å². The van der Waals surface area contributed by atoms with Gasteiger partial charge in [0, 0.05) is 6.04 Å². The van der Waals surface area contributed by atoms with E-state index < -0.39 is 0 Å². The van der Waals surface area contributed by atoms with Crippen molar-refractivity contribution in [2.45, 2.75) is 19.4 Å². The third-order valence-corrected chi connectivity index (χ3v) is 3.08. The molecule has 0 fully saturated rings. The largest absolute Gasteiger partial charge is 0.497 e. The van der Waals surface area contributed by atoms with Gasteiger partial charge in [-0.1, -0.05) is 25.5 Å². The topological polar surface area (TPSA) is 47.3 Å². The Balaban J connectivity index is 2.85. The Hall–Kier alpha value is -1.06. The van der Waals surface area contributed by atoms with Crippen LogP contribution in [0, 0.1) is 5.92 Å². The van der Waals surface area contributed by atoms with Gasteiger partial charge in [0.25, 0.3) is 0 Å². The molecule has 0 amide bonds. The summed E-state index contributed by atoms with van der Waals surface area (Å²) in [4.78, 5) is 0. The van der Waals surface area contributed by atoms with Crippen LogP contribution >= 0.6 is 0 Å². The number of ether oxygens (including phenoxy) is 1. The number of nitrogens with one attached hydrogen (secondary N) is 1. The molecule has 16 heavy (non-hydrogen) atoms. The fraction of sp³-hybridized carbons (Fsp3) is 0.538. The lowest BCUT2D eigenvalue weighted by atomic mass is 9.91. The van der Waals surface area contributed by atoms with E-state index in [1.165, 1.54) is 5.56 Å². The summed E-state index contributed by atoms with van der Waals surface area (Å²) < 4.78 is 5.15. The molecule has 0 saturated heterocycles. The van der Waals surface area contributed by atoms with Gasteiger partial charge in [0.05, 0.1) is 7.11 Å². The highest BCUT2D eigenvalue weighted by Gasteiger charge is 2.18. The van der Waals surface area contributed by atoms with Crippen molar-refractivity contribution in [1.82, 2.24) is 5.32 Å². The van der Waals surface area contributed by atoms with Crippen LogP contribution in [0.15, 0.2) is 24.3 Å². The molecule has 0 aliphatic carbocycles. The van der Waals surface area contributed by atoms with Crippen LogP contribution in [0.5, 0.6) is 5.75 Å². The smallest absolute Gasteiger partial charge is 0.118 e. The first-order valence-corrected chi connectivity index (χ1v) is 5.78. The van der Waals surface area contributed by atoms with E-state index in [-0.39, 0.29) is 0 Å². The molecule has 0 radical (unpaired) electrons. The zero-order valence-corrected chi connectivity index (χ0v) is 10.4. The number of methoxy groups -OCH3 is 1. The van der Waals surface area contributed by atoms with Crippen LogP contribution in [0.3, 0.4) is 0 Å². The van der Waals surface area contributed by atoms with Crippen molar-refractivity contribution in [2.24, 2.45) is 11.7 Å². The average molecular weight is 222 g/mol. The van der Waals surface area contributed by atoms with Gasteiger partial charge < -0.3 is 15.8 Å². The van der Waals surface area contributed by atoms with Crippen molar-refractivity contribution in [2.75, 3.05) is 20.7 Å². The third-order valence-electron chi connectivity index (χ3n) is 3.08. The van der Waals surface area contributed by atoms with Gasteiger partial charge in [-0.3, -0.25) is 0 Å². The second-order valence-corrected chi connectivity index (χ2v) is 3.94. The van der Waals surface area contributed by atoms with Crippen molar-refractivity contribution in [3.63, 3.8) is 0 Å². The molecule has 3 heteroatoms. The summed E-state index contributed by atoms with van der Waals surface area (Å²) in [6.45, 7) is 2.87. The second-order valence-electron chi connectivity index (χ2n) is 3.94. The van der Waals surface area contributed by atoms with Crippen LogP contribution in [0.4, 0.5) is 0 Å². The quantitative estimate of drug-likeness (QED) is 0.773. The number of hydrogen-bond donors (Lipinski definition) is 2. The first-order chi connectivity index (χ1) is 7.76. The van der Waals surface area contributed by atoms with E-state index in [1.807, 2.05) is 19.2 Å². The van der Waals surface area contributed by atoms with Gasteiger partial charge in [-0.15, -0.1) is 0 Å². The van der Waals surface area contributed by atoms with Crippen LogP contribution in [0.25, 0.3) is 0 Å². The Labute approximate surface area is 98.0 Å². The minimum Gasteiger partial charge on any atom is -0.497 e. The molecule has 1 aromatic rings. The molecule has 0 spiro atoms. The Bertz CT molecular complexity index is 293. The fourth-order valence-corrected chi connectivity index (χ4v) is 2.02. The van der Waals surface area contributed by atoms with E-state index in [4.69, 9.17) is 10.5 Å². The SMILES string of the molecule is CCC(CN)C(NC)c1ccc(OC)cc1. The Kier molecular flexibility index (Phi) is 5.29. The molecule has 0 bridgehead atoms. The van der Waals surface area contributed by atoms with Crippen molar-refractivity contribution in [3.8, 4) is 5.75 Å². The highest BCUT2D eigenvalue weighted by atomic mass is 16.5. The Morgan fingerprint density at radius 2 is 1.94 bits per heavy atom. The standard InChI is InChI=1S/C13H22N2O/c1-4-10(9-14)13(15-2)11-5-7-12(16-3)8-6-11/h5-8,10,13,15H,4,9,14H2,1-3H3. The molecule has 2 atom stereocenters. The molecular weight excluding hydrogens is 200 g/mol. The molecule has 1 rings (SSSR count). The molecule has 2 unspecified atom stereocenters. The molecule has 0 saturated carbocycles. The normalized spacial score (nSPS) is 14.5. The van der Waals surface area contributed by atoms with E-state index in [9.17, 15) is 0 Å². The molecule has 3 N–H and O–H groups in total. The van der Waals surface area contributed by atoms with Crippen LogP contribution < -0.4 is 15.8 Å². The number of benzene rings is 1. The van der Waals surface area contributed by atoms with Crippen molar-refractivity contribution >= 4 is 0 Å². The number of nitrogens with two attached hydrogens (primary N) is 1. The molecular formula is C13H22N2O. The van der Waals surface area contributed by atoms with E-state index in [2.05, 4.69) is 24.4 Å². The minimum absolute atomic E-state index is 0.320. The average Bonchev–Trinajstić information content (AvgIpc) is 2.36. The molecule has 0 aliphatic heterocycles. The maximum atomic E-state index is 5.79. The maximum absolute atomic E-state index is 5.79. The van der Waals surface area contributed by atoms with Gasteiger partial charge >= 0.3 is 0 Å². The van der Waals surface area contributed by atoms with E-state index in [1.54, 1.807) is 7.11 Å². The first-order valence-electron chi connectivity index (χ1n) is 5.78.